The number of benzene rings is 2. The fraction of sp³-hybridized carbons (Fsp3) is 0.125. The number of amides is 2. The number of aryl methyl sites for hydroxylation is 1. The average Bonchev–Trinajstić information content (AvgIpc) is 3.19. The molecule has 1 N–H and O–H groups in total. The van der Waals surface area contributed by atoms with Gasteiger partial charge < -0.3 is 9.30 Å². The zero-order valence-electron chi connectivity index (χ0n) is 17.4. The third-order valence-electron chi connectivity index (χ3n) is 5.03. The number of esters is 1. The fourth-order valence-electron chi connectivity index (χ4n) is 3.63. The number of nitrogens with zero attached hydrogens (tertiary/aromatic N) is 2. The van der Waals surface area contributed by atoms with Crippen LogP contribution in [0.4, 0.5) is 5.69 Å². The molecule has 31 heavy (non-hydrogen) atoms. The molecule has 2 heterocycles. The predicted octanol–water partition coefficient (Wildman–Crippen LogP) is 3.48. The van der Waals surface area contributed by atoms with Gasteiger partial charge in [0.2, 0.25) is 0 Å². The number of rotatable bonds is 4. The maximum absolute atomic E-state index is 12.8. The lowest BCUT2D eigenvalue weighted by Gasteiger charge is -2.13. The van der Waals surface area contributed by atoms with Crippen molar-refractivity contribution in [3.63, 3.8) is 0 Å². The molecule has 0 aliphatic carbocycles. The molecule has 1 aromatic heterocycles. The Bertz CT molecular complexity index is 1210. The molecule has 3 aromatic rings. The van der Waals surface area contributed by atoms with Crippen molar-refractivity contribution in [1.82, 2.24) is 9.99 Å². The standard InChI is InChI=1S/C24H21N3O4/c1-15-13-18(16(2)26(15)19-9-11-21(12-10-19)31-17(3)28)14-22-23(29)25-27(24(22)30)20-7-5-4-6-8-20/h4-14H,1-3H3,(H,25,29)/b22-14-. The van der Waals surface area contributed by atoms with Crippen LogP contribution in [0, 0.1) is 13.8 Å². The molecule has 2 aromatic carbocycles. The second-order valence-electron chi connectivity index (χ2n) is 7.22. The van der Waals surface area contributed by atoms with E-state index in [-0.39, 0.29) is 11.5 Å². The Kier molecular flexibility index (Phi) is 5.17. The summed E-state index contributed by atoms with van der Waals surface area (Å²) in [5.41, 5.74) is 6.76. The average molecular weight is 415 g/mol. The molecule has 1 aliphatic heterocycles. The molecule has 7 heteroatoms. The van der Waals surface area contributed by atoms with Crippen LogP contribution in [0.5, 0.6) is 5.75 Å². The van der Waals surface area contributed by atoms with Gasteiger partial charge in [0.25, 0.3) is 11.8 Å². The van der Waals surface area contributed by atoms with Crippen LogP contribution in [-0.2, 0) is 14.4 Å². The molecule has 0 unspecified atom stereocenters. The Labute approximate surface area is 179 Å². The maximum Gasteiger partial charge on any atom is 0.308 e. The number of hydrazine groups is 1. The summed E-state index contributed by atoms with van der Waals surface area (Å²) in [5.74, 6) is -0.745. The van der Waals surface area contributed by atoms with Gasteiger partial charge in [-0.15, -0.1) is 0 Å². The summed E-state index contributed by atoms with van der Waals surface area (Å²) in [6.07, 6.45) is 1.62. The van der Waals surface area contributed by atoms with Gasteiger partial charge in [0.15, 0.2) is 0 Å². The van der Waals surface area contributed by atoms with E-state index in [1.54, 1.807) is 42.5 Å². The molecule has 4 rings (SSSR count). The van der Waals surface area contributed by atoms with Gasteiger partial charge in [-0.2, -0.15) is 0 Å². The molecule has 2 amide bonds. The number of ether oxygens (including phenoxy) is 1. The Hall–Kier alpha value is -4.13. The number of hydrogen-bond donors (Lipinski definition) is 1. The van der Waals surface area contributed by atoms with Crippen LogP contribution in [0.1, 0.15) is 23.9 Å². The van der Waals surface area contributed by atoms with Crippen molar-refractivity contribution in [2.45, 2.75) is 20.8 Å². The predicted molar refractivity (Wildman–Crippen MR) is 117 cm³/mol. The van der Waals surface area contributed by atoms with Crippen molar-refractivity contribution in [2.24, 2.45) is 0 Å². The largest absolute Gasteiger partial charge is 0.427 e. The summed E-state index contributed by atoms with van der Waals surface area (Å²) in [6, 6.07) is 18.0. The molecule has 0 spiro atoms. The monoisotopic (exact) mass is 415 g/mol. The van der Waals surface area contributed by atoms with E-state index in [9.17, 15) is 14.4 Å². The van der Waals surface area contributed by atoms with Crippen molar-refractivity contribution < 1.29 is 19.1 Å². The molecule has 0 radical (unpaired) electrons. The Morgan fingerprint density at radius 2 is 1.65 bits per heavy atom. The van der Waals surface area contributed by atoms with Crippen molar-refractivity contribution in [2.75, 3.05) is 5.01 Å². The highest BCUT2D eigenvalue weighted by Crippen LogP contribution is 2.26. The third kappa shape index (κ3) is 3.85. The van der Waals surface area contributed by atoms with Crippen LogP contribution >= 0.6 is 0 Å². The first-order valence-corrected chi connectivity index (χ1v) is 9.75. The molecular formula is C24H21N3O4. The van der Waals surface area contributed by atoms with Crippen LogP contribution < -0.4 is 15.2 Å². The van der Waals surface area contributed by atoms with E-state index in [1.807, 2.05) is 42.7 Å². The fourth-order valence-corrected chi connectivity index (χ4v) is 3.63. The molecule has 156 valence electrons. The maximum atomic E-state index is 12.8. The normalized spacial score (nSPS) is 14.8. The Morgan fingerprint density at radius 3 is 2.29 bits per heavy atom. The van der Waals surface area contributed by atoms with Crippen molar-refractivity contribution in [3.05, 3.63) is 83.2 Å². The Balaban J connectivity index is 1.66. The molecule has 1 aliphatic rings. The molecule has 1 saturated heterocycles. The van der Waals surface area contributed by atoms with Crippen LogP contribution in [0.15, 0.2) is 66.2 Å². The minimum absolute atomic E-state index is 0.0781. The van der Waals surface area contributed by atoms with Gasteiger partial charge in [-0.05, 0) is 68.0 Å². The number of hydrogen-bond acceptors (Lipinski definition) is 4. The van der Waals surface area contributed by atoms with Crippen LogP contribution in [0.2, 0.25) is 0 Å². The second kappa shape index (κ2) is 7.95. The second-order valence-corrected chi connectivity index (χ2v) is 7.22. The summed E-state index contributed by atoms with van der Waals surface area (Å²) in [7, 11) is 0. The molecule has 7 nitrogen and oxygen atoms in total. The zero-order valence-corrected chi connectivity index (χ0v) is 17.4. The van der Waals surface area contributed by atoms with E-state index < -0.39 is 11.8 Å². The van der Waals surface area contributed by atoms with Crippen molar-refractivity contribution in [3.8, 4) is 11.4 Å². The molecule has 0 atom stereocenters. The van der Waals surface area contributed by atoms with E-state index in [1.165, 1.54) is 11.9 Å². The highest BCUT2D eigenvalue weighted by molar-refractivity contribution is 6.31. The van der Waals surface area contributed by atoms with Crippen LogP contribution in [0.3, 0.4) is 0 Å². The number of aromatic nitrogens is 1. The quantitative estimate of drug-likeness (QED) is 0.306. The smallest absolute Gasteiger partial charge is 0.308 e. The highest BCUT2D eigenvalue weighted by atomic mass is 16.5. The van der Waals surface area contributed by atoms with Gasteiger partial charge in [-0.3, -0.25) is 19.8 Å². The lowest BCUT2D eigenvalue weighted by Crippen LogP contribution is -2.35. The van der Waals surface area contributed by atoms with E-state index in [4.69, 9.17) is 4.74 Å². The van der Waals surface area contributed by atoms with Crippen LogP contribution in [-0.4, -0.2) is 22.4 Å². The highest BCUT2D eigenvalue weighted by Gasteiger charge is 2.34. The summed E-state index contributed by atoms with van der Waals surface area (Å²) in [5, 5.41) is 1.25. The van der Waals surface area contributed by atoms with Gasteiger partial charge in [0, 0.05) is 24.0 Å². The first-order chi connectivity index (χ1) is 14.8. The summed E-state index contributed by atoms with van der Waals surface area (Å²) < 4.78 is 7.10. The summed E-state index contributed by atoms with van der Waals surface area (Å²) in [6.45, 7) is 5.22. The van der Waals surface area contributed by atoms with Crippen LogP contribution in [0.25, 0.3) is 11.8 Å². The SMILES string of the molecule is CC(=O)Oc1ccc(-n2c(C)cc(/C=C3/C(=O)NN(c4ccccc4)C3=O)c2C)cc1. The molecule has 0 bridgehead atoms. The Morgan fingerprint density at radius 1 is 0.968 bits per heavy atom. The van der Waals surface area contributed by atoms with E-state index in [2.05, 4.69) is 5.43 Å². The van der Waals surface area contributed by atoms with E-state index in [0.29, 0.717) is 11.4 Å². The van der Waals surface area contributed by atoms with E-state index >= 15 is 0 Å². The molecule has 1 fully saturated rings. The number of carbonyl (C=O) groups excluding carboxylic acids is 3. The van der Waals surface area contributed by atoms with Crippen molar-refractivity contribution in [1.29, 1.82) is 0 Å². The minimum Gasteiger partial charge on any atom is -0.427 e. The lowest BCUT2D eigenvalue weighted by atomic mass is 10.1. The summed E-state index contributed by atoms with van der Waals surface area (Å²) in [4.78, 5) is 36.4. The minimum atomic E-state index is -0.440. The first kappa shape index (κ1) is 20.2. The van der Waals surface area contributed by atoms with Gasteiger partial charge >= 0.3 is 5.97 Å². The van der Waals surface area contributed by atoms with Gasteiger partial charge in [0.05, 0.1) is 5.69 Å². The van der Waals surface area contributed by atoms with Gasteiger partial charge in [0.1, 0.15) is 11.3 Å². The van der Waals surface area contributed by atoms with E-state index in [0.717, 1.165) is 22.6 Å². The zero-order chi connectivity index (χ0) is 22.1. The lowest BCUT2D eigenvalue weighted by molar-refractivity contribution is -0.132. The van der Waals surface area contributed by atoms with Gasteiger partial charge in [-0.25, -0.2) is 5.01 Å². The summed E-state index contributed by atoms with van der Waals surface area (Å²) >= 11 is 0. The number of anilines is 1. The topological polar surface area (TPSA) is 80.6 Å². The molecular weight excluding hydrogens is 394 g/mol. The third-order valence-corrected chi connectivity index (χ3v) is 5.03. The molecule has 0 saturated carbocycles. The number of para-hydroxylation sites is 1. The van der Waals surface area contributed by atoms with Crippen molar-refractivity contribution >= 4 is 29.5 Å². The number of nitrogens with one attached hydrogen (secondary N) is 1. The first-order valence-electron chi connectivity index (χ1n) is 9.75. The number of carbonyl (C=O) groups is 3. The van der Waals surface area contributed by atoms with Gasteiger partial charge in [-0.1, -0.05) is 18.2 Å².